The highest BCUT2D eigenvalue weighted by Gasteiger charge is 2.51. The van der Waals surface area contributed by atoms with Crippen molar-refractivity contribution in [2.75, 3.05) is 13.2 Å². The highest BCUT2D eigenvalue weighted by molar-refractivity contribution is 5.86. The first-order chi connectivity index (χ1) is 17.0. The van der Waals surface area contributed by atoms with Gasteiger partial charge in [-0.2, -0.15) is 0 Å². The summed E-state index contributed by atoms with van der Waals surface area (Å²) in [5, 5.41) is 12.5. The van der Waals surface area contributed by atoms with Gasteiger partial charge in [-0.3, -0.25) is 4.79 Å². The Kier molecular flexibility index (Phi) is 5.50. The number of fused-ring (bicyclic) bond motifs is 4. The molecule has 35 heavy (non-hydrogen) atoms. The highest BCUT2D eigenvalue weighted by Crippen LogP contribution is 2.50. The van der Waals surface area contributed by atoms with Gasteiger partial charge in [0.15, 0.2) is 0 Å². The van der Waals surface area contributed by atoms with Crippen LogP contribution in [0.2, 0.25) is 0 Å². The molecule has 4 aliphatic rings. The predicted octanol–water partition coefficient (Wildman–Crippen LogP) is 4.02. The van der Waals surface area contributed by atoms with E-state index < -0.39 is 18.1 Å². The fourth-order valence-corrected chi connectivity index (χ4v) is 6.91. The molecule has 0 bridgehead atoms. The first-order valence-electron chi connectivity index (χ1n) is 12.7. The Morgan fingerprint density at radius 2 is 1.66 bits per heavy atom. The summed E-state index contributed by atoms with van der Waals surface area (Å²) in [6, 6.07) is 15.9. The van der Waals surface area contributed by atoms with Crippen molar-refractivity contribution < 1.29 is 24.2 Å². The van der Waals surface area contributed by atoms with Gasteiger partial charge >= 0.3 is 12.1 Å². The first kappa shape index (κ1) is 22.1. The number of carbonyl (C=O) groups is 3. The Labute approximate surface area is 204 Å². The van der Waals surface area contributed by atoms with Crippen LogP contribution in [0.4, 0.5) is 4.79 Å². The standard InChI is InChI=1S/C28H30N2O5/c31-26(30-11-5-10-25(30)27(32)33)17-12-16-14-24(22(16)13-17)29-28(34)35-15-23-20-8-3-1-6-18(20)19-7-2-4-9-21(19)23/h1-4,6-9,16-17,22-25H,5,10-15H2,(H,29,34)(H,32,33)/t16?,17?,22?,24?,25-/m0/s1. The summed E-state index contributed by atoms with van der Waals surface area (Å²) in [4.78, 5) is 38.7. The molecule has 0 spiro atoms. The van der Waals surface area contributed by atoms with Crippen LogP contribution in [0.5, 0.6) is 0 Å². The molecule has 0 radical (unpaired) electrons. The lowest BCUT2D eigenvalue weighted by Gasteiger charge is -2.40. The van der Waals surface area contributed by atoms with Gasteiger partial charge in [-0.15, -0.1) is 0 Å². The monoisotopic (exact) mass is 474 g/mol. The Balaban J connectivity index is 1.04. The second-order valence-corrected chi connectivity index (χ2v) is 10.4. The number of alkyl carbamates (subject to hydrolysis) is 1. The molecule has 0 aromatic heterocycles. The number of carboxylic acid groups (broad SMARTS) is 1. The average Bonchev–Trinajstić information content (AvgIpc) is 3.56. The number of hydrogen-bond acceptors (Lipinski definition) is 4. The van der Waals surface area contributed by atoms with E-state index in [4.69, 9.17) is 4.74 Å². The van der Waals surface area contributed by atoms with Gasteiger partial charge in [0.1, 0.15) is 12.6 Å². The van der Waals surface area contributed by atoms with Crippen molar-refractivity contribution in [2.45, 2.75) is 50.1 Å². The van der Waals surface area contributed by atoms with Gasteiger partial charge in [-0.25, -0.2) is 9.59 Å². The minimum atomic E-state index is -0.911. The minimum Gasteiger partial charge on any atom is -0.480 e. The lowest BCUT2D eigenvalue weighted by Crippen LogP contribution is -2.50. The van der Waals surface area contributed by atoms with Crippen LogP contribution in [0.15, 0.2) is 48.5 Å². The number of carboxylic acids is 1. The summed E-state index contributed by atoms with van der Waals surface area (Å²) in [5.74, 6) is -0.377. The zero-order chi connectivity index (χ0) is 24.1. The molecule has 3 aliphatic carbocycles. The highest BCUT2D eigenvalue weighted by atomic mass is 16.5. The van der Waals surface area contributed by atoms with E-state index in [1.54, 1.807) is 4.90 Å². The third-order valence-electron chi connectivity index (χ3n) is 8.64. The summed E-state index contributed by atoms with van der Waals surface area (Å²) in [6.45, 7) is 0.816. The number of ether oxygens (including phenoxy) is 1. The van der Waals surface area contributed by atoms with Crippen molar-refractivity contribution in [1.82, 2.24) is 10.2 Å². The van der Waals surface area contributed by atoms with Gasteiger partial charge < -0.3 is 20.1 Å². The summed E-state index contributed by atoms with van der Waals surface area (Å²) in [5.41, 5.74) is 4.76. The second-order valence-electron chi connectivity index (χ2n) is 10.4. The van der Waals surface area contributed by atoms with Gasteiger partial charge in [0.25, 0.3) is 0 Å². The number of likely N-dealkylation sites (tertiary alicyclic amines) is 1. The first-order valence-corrected chi connectivity index (χ1v) is 12.7. The molecule has 2 aromatic rings. The fraction of sp³-hybridized carbons (Fsp3) is 0.464. The summed E-state index contributed by atoms with van der Waals surface area (Å²) < 4.78 is 5.70. The van der Waals surface area contributed by atoms with Crippen LogP contribution in [-0.4, -0.2) is 53.2 Å². The van der Waals surface area contributed by atoms with E-state index in [9.17, 15) is 19.5 Å². The number of benzene rings is 2. The summed E-state index contributed by atoms with van der Waals surface area (Å²) >= 11 is 0. The molecule has 2 aromatic carbocycles. The van der Waals surface area contributed by atoms with Crippen molar-refractivity contribution in [3.63, 3.8) is 0 Å². The van der Waals surface area contributed by atoms with E-state index in [1.807, 2.05) is 24.3 Å². The maximum Gasteiger partial charge on any atom is 0.407 e. The van der Waals surface area contributed by atoms with Gasteiger partial charge in [0, 0.05) is 24.4 Å². The van der Waals surface area contributed by atoms with Crippen LogP contribution >= 0.6 is 0 Å². The maximum absolute atomic E-state index is 13.0. The van der Waals surface area contributed by atoms with Gasteiger partial charge in [-0.1, -0.05) is 48.5 Å². The third-order valence-corrected chi connectivity index (χ3v) is 8.64. The van der Waals surface area contributed by atoms with Crippen LogP contribution in [0.1, 0.15) is 49.1 Å². The van der Waals surface area contributed by atoms with E-state index in [1.165, 1.54) is 22.3 Å². The Morgan fingerprint density at radius 1 is 0.971 bits per heavy atom. The second kappa shape index (κ2) is 8.70. The van der Waals surface area contributed by atoms with Crippen LogP contribution in [-0.2, 0) is 14.3 Å². The molecule has 5 atom stereocenters. The molecule has 7 heteroatoms. The molecule has 1 heterocycles. The van der Waals surface area contributed by atoms with Crippen molar-refractivity contribution in [2.24, 2.45) is 17.8 Å². The SMILES string of the molecule is O=C(NC1CC2CC(C(=O)N3CCC[C@H]3C(=O)O)CC21)OCC1c2ccccc2-c2ccccc21. The van der Waals surface area contributed by atoms with Crippen molar-refractivity contribution in [1.29, 1.82) is 0 Å². The van der Waals surface area contributed by atoms with E-state index >= 15 is 0 Å². The zero-order valence-corrected chi connectivity index (χ0v) is 19.6. The lowest BCUT2D eigenvalue weighted by atomic mass is 9.71. The van der Waals surface area contributed by atoms with Gasteiger partial charge in [0.05, 0.1) is 0 Å². The van der Waals surface area contributed by atoms with Crippen molar-refractivity contribution >= 4 is 18.0 Å². The topological polar surface area (TPSA) is 95.9 Å². The molecule has 2 amide bonds. The number of nitrogens with one attached hydrogen (secondary N) is 1. The minimum absolute atomic E-state index is 0.0160. The smallest absolute Gasteiger partial charge is 0.407 e. The lowest BCUT2D eigenvalue weighted by molar-refractivity contribution is -0.149. The quantitative estimate of drug-likeness (QED) is 0.683. The molecule has 7 nitrogen and oxygen atoms in total. The van der Waals surface area contributed by atoms with E-state index in [-0.39, 0.29) is 36.3 Å². The third kappa shape index (κ3) is 3.77. The Hall–Kier alpha value is -3.35. The molecule has 2 N–H and O–H groups in total. The number of rotatable bonds is 5. The molecule has 2 saturated carbocycles. The number of nitrogens with zero attached hydrogens (tertiary/aromatic N) is 1. The number of amides is 2. The van der Waals surface area contributed by atoms with Crippen LogP contribution in [0.3, 0.4) is 0 Å². The van der Waals surface area contributed by atoms with E-state index in [2.05, 4.69) is 29.6 Å². The normalized spacial score (nSPS) is 28.6. The molecule has 3 fully saturated rings. The molecule has 1 saturated heterocycles. The van der Waals surface area contributed by atoms with Crippen LogP contribution in [0.25, 0.3) is 11.1 Å². The van der Waals surface area contributed by atoms with Gasteiger partial charge in [0.2, 0.25) is 5.91 Å². The predicted molar refractivity (Wildman–Crippen MR) is 129 cm³/mol. The Morgan fingerprint density at radius 3 is 2.34 bits per heavy atom. The van der Waals surface area contributed by atoms with Crippen molar-refractivity contribution in [3.8, 4) is 11.1 Å². The number of hydrogen-bond donors (Lipinski definition) is 2. The average molecular weight is 475 g/mol. The van der Waals surface area contributed by atoms with Crippen molar-refractivity contribution in [3.05, 3.63) is 59.7 Å². The number of carbonyl (C=O) groups excluding carboxylic acids is 2. The molecular formula is C28H30N2O5. The fourth-order valence-electron chi connectivity index (χ4n) is 6.91. The Bertz CT molecular complexity index is 1130. The van der Waals surface area contributed by atoms with E-state index in [0.29, 0.717) is 25.3 Å². The van der Waals surface area contributed by atoms with E-state index in [0.717, 1.165) is 19.3 Å². The summed E-state index contributed by atoms with van der Waals surface area (Å²) in [7, 11) is 0. The molecule has 182 valence electrons. The molecule has 1 aliphatic heterocycles. The van der Waals surface area contributed by atoms with Crippen LogP contribution < -0.4 is 5.32 Å². The molecule has 4 unspecified atom stereocenters. The maximum atomic E-state index is 13.0. The van der Waals surface area contributed by atoms with Gasteiger partial charge in [-0.05, 0) is 66.2 Å². The molecule has 6 rings (SSSR count). The van der Waals surface area contributed by atoms with Crippen LogP contribution in [0, 0.1) is 17.8 Å². The number of aliphatic carboxylic acids is 1. The largest absolute Gasteiger partial charge is 0.480 e. The summed E-state index contributed by atoms with van der Waals surface area (Å²) in [6.07, 6.45) is 3.22. The molecular weight excluding hydrogens is 444 g/mol. The zero-order valence-electron chi connectivity index (χ0n) is 19.6.